The van der Waals surface area contributed by atoms with E-state index < -0.39 is 36.3 Å². The molecule has 0 atom stereocenters. The zero-order valence-electron chi connectivity index (χ0n) is 7.11. The number of rotatable bonds is 3. The average Bonchev–Trinajstić information content (AvgIpc) is 2.15. The van der Waals surface area contributed by atoms with E-state index in [0.29, 0.717) is 6.20 Å². The Hall–Kier alpha value is -1.47. The van der Waals surface area contributed by atoms with E-state index >= 15 is 0 Å². The van der Waals surface area contributed by atoms with Gasteiger partial charge in [-0.2, -0.15) is 4.39 Å². The molecule has 1 aromatic heterocycles. The molecule has 0 unspecified atom stereocenters. The molecule has 7 heteroatoms. The lowest BCUT2D eigenvalue weighted by atomic mass is 10.3. The van der Waals surface area contributed by atoms with Crippen LogP contribution in [0, 0.1) is 5.82 Å². The van der Waals surface area contributed by atoms with Crippen molar-refractivity contribution in [3.05, 3.63) is 32.9 Å². The van der Waals surface area contributed by atoms with Gasteiger partial charge in [0.05, 0.1) is 25.5 Å². The molecule has 0 bridgehead atoms. The smallest absolute Gasteiger partial charge is 0.328 e. The van der Waals surface area contributed by atoms with E-state index in [1.807, 2.05) is 0 Å². The molecule has 14 heavy (non-hydrogen) atoms. The third kappa shape index (κ3) is 1.88. The molecule has 0 saturated carbocycles. The maximum Gasteiger partial charge on any atom is 0.328 e. The molecule has 0 fully saturated rings. The Labute approximate surface area is 77.3 Å². The number of halogens is 1. The molecule has 0 spiro atoms. The van der Waals surface area contributed by atoms with Crippen LogP contribution in [-0.4, -0.2) is 33.0 Å². The standard InChI is InChI=1S/C7H9FN2O4/c8-5-1-10(4(2-11)3-12)7(14)9-6(5)13/h1,4,11-12H,2-3H2,(H,9,13,14). The summed E-state index contributed by atoms with van der Waals surface area (Å²) in [5.74, 6) is -1.14. The van der Waals surface area contributed by atoms with Crippen molar-refractivity contribution in [3.63, 3.8) is 0 Å². The highest BCUT2D eigenvalue weighted by molar-refractivity contribution is 4.89. The Balaban J connectivity index is 3.28. The number of hydrogen-bond donors (Lipinski definition) is 3. The average molecular weight is 204 g/mol. The molecule has 0 aromatic carbocycles. The summed E-state index contributed by atoms with van der Waals surface area (Å²) in [6.07, 6.45) is 0.651. The Morgan fingerprint density at radius 1 is 1.43 bits per heavy atom. The number of nitrogens with zero attached hydrogens (tertiary/aromatic N) is 1. The van der Waals surface area contributed by atoms with Crippen LogP contribution in [0.3, 0.4) is 0 Å². The fourth-order valence-electron chi connectivity index (χ4n) is 0.966. The maximum atomic E-state index is 12.7. The van der Waals surface area contributed by atoms with Gasteiger partial charge in [-0.05, 0) is 0 Å². The van der Waals surface area contributed by atoms with Crippen LogP contribution in [0.2, 0.25) is 0 Å². The molecule has 0 aliphatic carbocycles. The van der Waals surface area contributed by atoms with E-state index in [1.54, 1.807) is 4.98 Å². The van der Waals surface area contributed by atoms with Gasteiger partial charge in [-0.25, -0.2) is 4.79 Å². The molecular formula is C7H9FN2O4. The quantitative estimate of drug-likeness (QED) is 0.541. The molecule has 0 saturated heterocycles. The number of aliphatic hydroxyl groups is 2. The fraction of sp³-hybridized carbons (Fsp3) is 0.429. The molecule has 78 valence electrons. The summed E-state index contributed by atoms with van der Waals surface area (Å²) in [4.78, 5) is 23.4. The zero-order chi connectivity index (χ0) is 10.7. The lowest BCUT2D eigenvalue weighted by Gasteiger charge is -2.13. The van der Waals surface area contributed by atoms with Gasteiger partial charge in [0.2, 0.25) is 5.82 Å². The molecule has 0 radical (unpaired) electrons. The van der Waals surface area contributed by atoms with E-state index in [2.05, 4.69) is 0 Å². The molecular weight excluding hydrogens is 195 g/mol. The number of aromatic amines is 1. The predicted octanol–water partition coefficient (Wildman–Crippen LogP) is -1.80. The zero-order valence-corrected chi connectivity index (χ0v) is 7.11. The molecule has 1 heterocycles. The van der Waals surface area contributed by atoms with Crippen LogP contribution in [0.15, 0.2) is 15.8 Å². The summed E-state index contributed by atoms with van der Waals surface area (Å²) in [5, 5.41) is 17.5. The van der Waals surface area contributed by atoms with Crippen molar-refractivity contribution >= 4 is 0 Å². The molecule has 0 aliphatic heterocycles. The third-order valence-corrected chi connectivity index (χ3v) is 1.74. The van der Waals surface area contributed by atoms with Gasteiger partial charge < -0.3 is 10.2 Å². The molecule has 0 amide bonds. The number of aromatic nitrogens is 2. The van der Waals surface area contributed by atoms with Crippen molar-refractivity contribution in [1.29, 1.82) is 0 Å². The van der Waals surface area contributed by atoms with Crippen LogP contribution in [0.4, 0.5) is 4.39 Å². The molecule has 0 aliphatic rings. The van der Waals surface area contributed by atoms with Gasteiger partial charge in [0.1, 0.15) is 0 Å². The van der Waals surface area contributed by atoms with Gasteiger partial charge in [0.25, 0.3) is 5.56 Å². The summed E-state index contributed by atoms with van der Waals surface area (Å²) in [7, 11) is 0. The Morgan fingerprint density at radius 2 is 2.00 bits per heavy atom. The van der Waals surface area contributed by atoms with Crippen LogP contribution in [-0.2, 0) is 0 Å². The second kappa shape index (κ2) is 4.16. The van der Waals surface area contributed by atoms with Gasteiger partial charge in [0.15, 0.2) is 0 Å². The van der Waals surface area contributed by atoms with Gasteiger partial charge >= 0.3 is 5.69 Å². The van der Waals surface area contributed by atoms with E-state index in [1.165, 1.54) is 0 Å². The molecule has 3 N–H and O–H groups in total. The van der Waals surface area contributed by atoms with Gasteiger partial charge in [0, 0.05) is 0 Å². The van der Waals surface area contributed by atoms with E-state index in [9.17, 15) is 14.0 Å². The highest BCUT2D eigenvalue weighted by Gasteiger charge is 2.12. The van der Waals surface area contributed by atoms with Crippen molar-refractivity contribution in [2.75, 3.05) is 13.2 Å². The summed E-state index contributed by atoms with van der Waals surface area (Å²) < 4.78 is 13.5. The molecule has 1 rings (SSSR count). The Bertz CT molecular complexity index is 420. The van der Waals surface area contributed by atoms with Crippen LogP contribution < -0.4 is 11.2 Å². The van der Waals surface area contributed by atoms with E-state index in [4.69, 9.17) is 10.2 Å². The van der Waals surface area contributed by atoms with Crippen LogP contribution >= 0.6 is 0 Å². The number of aliphatic hydroxyl groups excluding tert-OH is 2. The molecule has 1 aromatic rings. The van der Waals surface area contributed by atoms with Crippen molar-refractivity contribution in [2.45, 2.75) is 6.04 Å². The van der Waals surface area contributed by atoms with Crippen molar-refractivity contribution in [2.24, 2.45) is 0 Å². The second-order valence-corrected chi connectivity index (χ2v) is 2.66. The molecule has 6 nitrogen and oxygen atoms in total. The van der Waals surface area contributed by atoms with E-state index in [-0.39, 0.29) is 0 Å². The summed E-state index contributed by atoms with van der Waals surface area (Å²) in [5.41, 5.74) is -2.00. The van der Waals surface area contributed by atoms with Crippen LogP contribution in [0.25, 0.3) is 0 Å². The normalized spacial score (nSPS) is 10.9. The minimum Gasteiger partial charge on any atom is -0.394 e. The number of H-pyrrole nitrogens is 1. The van der Waals surface area contributed by atoms with Crippen molar-refractivity contribution in [1.82, 2.24) is 9.55 Å². The highest BCUT2D eigenvalue weighted by atomic mass is 19.1. The van der Waals surface area contributed by atoms with Crippen LogP contribution in [0.5, 0.6) is 0 Å². The van der Waals surface area contributed by atoms with Gasteiger partial charge in [-0.15, -0.1) is 0 Å². The van der Waals surface area contributed by atoms with Gasteiger partial charge in [-0.3, -0.25) is 14.3 Å². The predicted molar refractivity (Wildman–Crippen MR) is 44.5 cm³/mol. The Kier molecular flexibility index (Phi) is 3.15. The third-order valence-electron chi connectivity index (χ3n) is 1.74. The van der Waals surface area contributed by atoms with E-state index in [0.717, 1.165) is 4.57 Å². The maximum absolute atomic E-state index is 12.7. The number of nitrogens with one attached hydrogen (secondary N) is 1. The Morgan fingerprint density at radius 3 is 2.50 bits per heavy atom. The summed E-state index contributed by atoms with van der Waals surface area (Å²) >= 11 is 0. The topological polar surface area (TPSA) is 95.3 Å². The van der Waals surface area contributed by atoms with Crippen molar-refractivity contribution < 1.29 is 14.6 Å². The monoisotopic (exact) mass is 204 g/mol. The lowest BCUT2D eigenvalue weighted by Crippen LogP contribution is -2.36. The fourth-order valence-corrected chi connectivity index (χ4v) is 0.966. The van der Waals surface area contributed by atoms with Crippen molar-refractivity contribution in [3.8, 4) is 0 Å². The summed E-state index contributed by atoms with van der Waals surface area (Å²) in [6, 6.07) is -0.950. The lowest BCUT2D eigenvalue weighted by molar-refractivity contribution is 0.150. The largest absolute Gasteiger partial charge is 0.394 e. The van der Waals surface area contributed by atoms with Gasteiger partial charge in [-0.1, -0.05) is 0 Å². The first kappa shape index (κ1) is 10.6. The first-order valence-corrected chi connectivity index (χ1v) is 3.82. The highest BCUT2D eigenvalue weighted by Crippen LogP contribution is 1.99. The SMILES string of the molecule is O=c1[nH]c(=O)n(C(CO)CO)cc1F. The first-order valence-electron chi connectivity index (χ1n) is 3.82. The first-order chi connectivity index (χ1) is 6.60. The second-order valence-electron chi connectivity index (χ2n) is 2.66. The minimum absolute atomic E-state index is 0.526. The number of hydrogen-bond acceptors (Lipinski definition) is 4. The summed E-state index contributed by atoms with van der Waals surface area (Å²) in [6.45, 7) is -1.05. The van der Waals surface area contributed by atoms with Crippen LogP contribution in [0.1, 0.15) is 6.04 Å². The minimum atomic E-state index is -1.14.